The summed E-state index contributed by atoms with van der Waals surface area (Å²) >= 11 is 11.7. The lowest BCUT2D eigenvalue weighted by atomic mass is 10.2. The average molecular weight is 375 g/mol. The Morgan fingerprint density at radius 2 is 1.92 bits per heavy atom. The summed E-state index contributed by atoms with van der Waals surface area (Å²) in [4.78, 5) is 23.5. The van der Waals surface area contributed by atoms with Crippen LogP contribution < -0.4 is 5.32 Å². The number of hydrogen-bond donors (Lipinski definition) is 1. The second kappa shape index (κ2) is 8.88. The summed E-state index contributed by atoms with van der Waals surface area (Å²) < 4.78 is 4.85. The van der Waals surface area contributed by atoms with Crippen molar-refractivity contribution in [1.29, 1.82) is 5.26 Å². The SMILES string of the molecule is N#Cc1ccc(Cl)cc1NC(=O)COC(=O)/C=C/c1cccc(Cl)c1. The zero-order valence-electron chi connectivity index (χ0n) is 12.8. The van der Waals surface area contributed by atoms with E-state index in [2.05, 4.69) is 5.32 Å². The number of esters is 1. The van der Waals surface area contributed by atoms with Crippen LogP contribution in [0.15, 0.2) is 48.5 Å². The van der Waals surface area contributed by atoms with E-state index in [1.54, 1.807) is 24.3 Å². The van der Waals surface area contributed by atoms with Gasteiger partial charge in [0.1, 0.15) is 6.07 Å². The van der Waals surface area contributed by atoms with Crippen LogP contribution in [0.3, 0.4) is 0 Å². The Hall–Kier alpha value is -2.81. The van der Waals surface area contributed by atoms with Crippen molar-refractivity contribution in [2.24, 2.45) is 0 Å². The van der Waals surface area contributed by atoms with Crippen LogP contribution in [0.2, 0.25) is 10.0 Å². The molecule has 0 fully saturated rings. The lowest BCUT2D eigenvalue weighted by molar-refractivity contribution is -0.142. The van der Waals surface area contributed by atoms with Crippen molar-refractivity contribution in [2.75, 3.05) is 11.9 Å². The molecule has 1 N–H and O–H groups in total. The number of carbonyl (C=O) groups is 2. The summed E-state index contributed by atoms with van der Waals surface area (Å²) in [6.07, 6.45) is 2.72. The van der Waals surface area contributed by atoms with Gasteiger partial charge in [0.25, 0.3) is 5.91 Å². The lowest BCUT2D eigenvalue weighted by Crippen LogP contribution is -2.20. The monoisotopic (exact) mass is 374 g/mol. The van der Waals surface area contributed by atoms with Gasteiger partial charge in [-0.25, -0.2) is 4.79 Å². The fourth-order valence-corrected chi connectivity index (χ4v) is 2.23. The van der Waals surface area contributed by atoms with E-state index in [1.807, 2.05) is 6.07 Å². The number of anilines is 1. The van der Waals surface area contributed by atoms with Crippen molar-refractivity contribution in [3.63, 3.8) is 0 Å². The fourth-order valence-electron chi connectivity index (χ4n) is 1.86. The van der Waals surface area contributed by atoms with Gasteiger partial charge >= 0.3 is 5.97 Å². The first kappa shape index (κ1) is 18.5. The molecule has 25 heavy (non-hydrogen) atoms. The number of rotatable bonds is 5. The van der Waals surface area contributed by atoms with Crippen LogP contribution >= 0.6 is 23.2 Å². The summed E-state index contributed by atoms with van der Waals surface area (Å²) in [5.41, 5.74) is 1.24. The minimum Gasteiger partial charge on any atom is -0.452 e. The third-order valence-corrected chi connectivity index (χ3v) is 3.45. The molecule has 5 nitrogen and oxygen atoms in total. The number of nitrogens with one attached hydrogen (secondary N) is 1. The molecule has 0 bridgehead atoms. The third-order valence-electron chi connectivity index (χ3n) is 2.98. The van der Waals surface area contributed by atoms with Gasteiger partial charge < -0.3 is 10.1 Å². The quantitative estimate of drug-likeness (QED) is 0.631. The highest BCUT2D eigenvalue weighted by Gasteiger charge is 2.09. The zero-order chi connectivity index (χ0) is 18.2. The van der Waals surface area contributed by atoms with E-state index in [9.17, 15) is 9.59 Å². The van der Waals surface area contributed by atoms with Crippen molar-refractivity contribution in [1.82, 2.24) is 0 Å². The number of hydrogen-bond acceptors (Lipinski definition) is 4. The van der Waals surface area contributed by atoms with Crippen LogP contribution in [0.5, 0.6) is 0 Å². The summed E-state index contributed by atoms with van der Waals surface area (Å²) in [5.74, 6) is -1.26. The summed E-state index contributed by atoms with van der Waals surface area (Å²) in [7, 11) is 0. The van der Waals surface area contributed by atoms with Crippen molar-refractivity contribution in [2.45, 2.75) is 0 Å². The van der Waals surface area contributed by atoms with Gasteiger partial charge in [-0.2, -0.15) is 5.26 Å². The van der Waals surface area contributed by atoms with Gasteiger partial charge in [0.2, 0.25) is 0 Å². The number of nitriles is 1. The highest BCUT2D eigenvalue weighted by atomic mass is 35.5. The molecule has 0 aliphatic heterocycles. The van der Waals surface area contributed by atoms with Crippen molar-refractivity contribution in [3.8, 4) is 6.07 Å². The van der Waals surface area contributed by atoms with Gasteiger partial charge in [-0.15, -0.1) is 0 Å². The van der Waals surface area contributed by atoms with E-state index in [-0.39, 0.29) is 11.3 Å². The van der Waals surface area contributed by atoms with Gasteiger partial charge in [0, 0.05) is 16.1 Å². The predicted octanol–water partition coefficient (Wildman–Crippen LogP) is 4.06. The molecule has 1 amide bonds. The molecule has 0 saturated heterocycles. The number of halogens is 2. The minimum absolute atomic E-state index is 0.255. The van der Waals surface area contributed by atoms with E-state index in [0.29, 0.717) is 10.0 Å². The Morgan fingerprint density at radius 3 is 2.64 bits per heavy atom. The third kappa shape index (κ3) is 5.96. The molecule has 0 aromatic heterocycles. The minimum atomic E-state index is -0.679. The number of nitrogens with zero attached hydrogens (tertiary/aromatic N) is 1. The van der Waals surface area contributed by atoms with E-state index in [4.69, 9.17) is 33.2 Å². The fraction of sp³-hybridized carbons (Fsp3) is 0.0556. The molecule has 0 atom stereocenters. The zero-order valence-corrected chi connectivity index (χ0v) is 14.3. The highest BCUT2D eigenvalue weighted by molar-refractivity contribution is 6.31. The number of benzene rings is 2. The van der Waals surface area contributed by atoms with E-state index in [0.717, 1.165) is 5.56 Å². The molecule has 0 aliphatic rings. The Bertz CT molecular complexity index is 873. The van der Waals surface area contributed by atoms with Crippen LogP contribution in [-0.2, 0) is 14.3 Å². The van der Waals surface area contributed by atoms with Gasteiger partial charge in [0.15, 0.2) is 6.61 Å². The van der Waals surface area contributed by atoms with E-state index < -0.39 is 18.5 Å². The molecule has 0 heterocycles. The van der Waals surface area contributed by atoms with Gasteiger partial charge in [-0.3, -0.25) is 4.79 Å². The first-order valence-corrected chi connectivity index (χ1v) is 7.83. The predicted molar refractivity (Wildman–Crippen MR) is 96.2 cm³/mol. The van der Waals surface area contributed by atoms with E-state index in [1.165, 1.54) is 30.4 Å². The molecule has 0 saturated carbocycles. The Balaban J connectivity index is 1.89. The normalized spacial score (nSPS) is 10.3. The van der Waals surface area contributed by atoms with Crippen LogP contribution in [0.1, 0.15) is 11.1 Å². The van der Waals surface area contributed by atoms with Gasteiger partial charge in [-0.05, 0) is 42.0 Å². The molecular formula is C18H12Cl2N2O3. The van der Waals surface area contributed by atoms with Crippen LogP contribution in [-0.4, -0.2) is 18.5 Å². The number of amides is 1. The Kier molecular flexibility index (Phi) is 6.58. The summed E-state index contributed by atoms with van der Waals surface area (Å²) in [6.45, 7) is -0.490. The van der Waals surface area contributed by atoms with Crippen molar-refractivity contribution < 1.29 is 14.3 Å². The van der Waals surface area contributed by atoms with E-state index >= 15 is 0 Å². The molecule has 7 heteroatoms. The lowest BCUT2D eigenvalue weighted by Gasteiger charge is -2.07. The van der Waals surface area contributed by atoms with Crippen molar-refractivity contribution >= 4 is 46.8 Å². The topological polar surface area (TPSA) is 79.2 Å². The first-order valence-electron chi connectivity index (χ1n) is 7.08. The Morgan fingerprint density at radius 1 is 1.16 bits per heavy atom. The molecule has 2 rings (SSSR count). The maximum Gasteiger partial charge on any atom is 0.331 e. The highest BCUT2D eigenvalue weighted by Crippen LogP contribution is 2.20. The smallest absolute Gasteiger partial charge is 0.331 e. The maximum absolute atomic E-state index is 11.8. The molecule has 2 aromatic rings. The van der Waals surface area contributed by atoms with Crippen molar-refractivity contribution in [3.05, 3.63) is 69.7 Å². The van der Waals surface area contributed by atoms with Gasteiger partial charge in [-0.1, -0.05) is 35.3 Å². The largest absolute Gasteiger partial charge is 0.452 e. The number of ether oxygens (including phenoxy) is 1. The molecular weight excluding hydrogens is 363 g/mol. The molecule has 126 valence electrons. The molecule has 0 radical (unpaired) electrons. The Labute approximate surface area is 154 Å². The first-order chi connectivity index (χ1) is 12.0. The molecule has 0 spiro atoms. The van der Waals surface area contributed by atoms with Crippen LogP contribution in [0.25, 0.3) is 6.08 Å². The molecule has 0 aliphatic carbocycles. The van der Waals surface area contributed by atoms with Gasteiger partial charge in [0.05, 0.1) is 11.3 Å². The molecule has 0 unspecified atom stereocenters. The van der Waals surface area contributed by atoms with Crippen LogP contribution in [0, 0.1) is 11.3 Å². The molecule has 2 aromatic carbocycles. The number of carbonyl (C=O) groups excluding carboxylic acids is 2. The maximum atomic E-state index is 11.8. The average Bonchev–Trinajstić information content (AvgIpc) is 2.58. The standard InChI is InChI=1S/C18H12Cl2N2O3/c19-14-3-1-2-12(8-14)4-7-18(24)25-11-17(23)22-16-9-15(20)6-5-13(16)10-21/h1-9H,11H2,(H,22,23)/b7-4+. The van der Waals surface area contributed by atoms with Crippen LogP contribution in [0.4, 0.5) is 5.69 Å². The second-order valence-electron chi connectivity index (χ2n) is 4.85. The second-order valence-corrected chi connectivity index (χ2v) is 5.72. The summed E-state index contributed by atoms with van der Waals surface area (Å²) in [6, 6.07) is 13.3. The summed E-state index contributed by atoms with van der Waals surface area (Å²) in [5, 5.41) is 12.4.